The molecule has 4 aromatic rings. The summed E-state index contributed by atoms with van der Waals surface area (Å²) in [4.78, 5) is 8.85. The quantitative estimate of drug-likeness (QED) is 0.348. The number of aromatic nitrogens is 2. The van der Waals surface area contributed by atoms with Gasteiger partial charge in [-0.1, -0.05) is 66.2 Å². The van der Waals surface area contributed by atoms with Gasteiger partial charge in [-0.2, -0.15) is 9.97 Å². The van der Waals surface area contributed by atoms with E-state index in [1.54, 1.807) is 6.07 Å². The maximum atomic E-state index is 5.88. The van der Waals surface area contributed by atoms with Crippen molar-refractivity contribution in [1.82, 2.24) is 15.3 Å². The van der Waals surface area contributed by atoms with Gasteiger partial charge in [0.25, 0.3) is 0 Å². The third kappa shape index (κ3) is 6.26. The zero-order valence-corrected chi connectivity index (χ0v) is 18.3. The zero-order valence-electron chi connectivity index (χ0n) is 17.5. The maximum Gasteiger partial charge on any atom is 0.235 e. The summed E-state index contributed by atoms with van der Waals surface area (Å²) in [5.41, 5.74) is 2.33. The molecule has 6 nitrogen and oxygen atoms in total. The van der Waals surface area contributed by atoms with Crippen LogP contribution in [0.15, 0.2) is 91.0 Å². The van der Waals surface area contributed by atoms with Crippen LogP contribution in [0.25, 0.3) is 0 Å². The van der Waals surface area contributed by atoms with Crippen molar-refractivity contribution in [2.75, 3.05) is 5.32 Å². The fraction of sp³-hybridized carbons (Fsp3) is 0.0800. The van der Waals surface area contributed by atoms with Crippen LogP contribution in [-0.2, 0) is 6.54 Å². The number of thiocarbonyl (C=S) groups is 1. The number of nitrogens with zero attached hydrogens (tertiary/aromatic N) is 2. The summed E-state index contributed by atoms with van der Waals surface area (Å²) in [5, 5.41) is 6.57. The molecule has 0 aliphatic rings. The maximum absolute atomic E-state index is 5.88. The van der Waals surface area contributed by atoms with E-state index in [1.807, 2.05) is 60.7 Å². The average Bonchev–Trinajstić information content (AvgIpc) is 2.80. The van der Waals surface area contributed by atoms with Crippen LogP contribution in [0.2, 0.25) is 0 Å². The molecule has 7 heteroatoms. The zero-order chi connectivity index (χ0) is 22.2. The van der Waals surface area contributed by atoms with Gasteiger partial charge in [0.05, 0.1) is 6.07 Å². The van der Waals surface area contributed by atoms with Crippen LogP contribution in [0.4, 0.5) is 5.95 Å². The number of nitrogens with one attached hydrogen (secondary N) is 2. The highest BCUT2D eigenvalue weighted by molar-refractivity contribution is 7.80. The highest BCUT2D eigenvalue weighted by Crippen LogP contribution is 2.27. The predicted octanol–water partition coefficient (Wildman–Crippen LogP) is 5.86. The van der Waals surface area contributed by atoms with Gasteiger partial charge in [-0.15, -0.1) is 0 Å². The second kappa shape index (κ2) is 10.4. The monoisotopic (exact) mass is 442 g/mol. The first-order valence-corrected chi connectivity index (χ1v) is 10.5. The molecule has 0 unspecified atom stereocenters. The topological polar surface area (TPSA) is 68.3 Å². The summed E-state index contributed by atoms with van der Waals surface area (Å²) in [6.07, 6.45) is 0. The summed E-state index contributed by atoms with van der Waals surface area (Å²) in [7, 11) is 0. The molecule has 0 spiro atoms. The molecule has 0 bridgehead atoms. The minimum absolute atomic E-state index is 0.269. The van der Waals surface area contributed by atoms with Gasteiger partial charge in [-0.05, 0) is 49.0 Å². The number of para-hydroxylation sites is 2. The van der Waals surface area contributed by atoms with Gasteiger partial charge < -0.3 is 20.1 Å². The van der Waals surface area contributed by atoms with Crippen molar-refractivity contribution in [3.8, 4) is 23.3 Å². The molecule has 0 atom stereocenters. The Morgan fingerprint density at radius 3 is 1.84 bits per heavy atom. The van der Waals surface area contributed by atoms with Crippen LogP contribution in [-0.4, -0.2) is 15.1 Å². The Morgan fingerprint density at radius 2 is 1.31 bits per heavy atom. The Morgan fingerprint density at radius 1 is 0.781 bits per heavy atom. The molecule has 0 fully saturated rings. The molecule has 1 heterocycles. The Labute approximate surface area is 192 Å². The van der Waals surface area contributed by atoms with Crippen molar-refractivity contribution in [2.24, 2.45) is 0 Å². The number of hydrogen-bond donors (Lipinski definition) is 2. The van der Waals surface area contributed by atoms with Crippen molar-refractivity contribution >= 4 is 23.3 Å². The Hall–Kier alpha value is -3.97. The van der Waals surface area contributed by atoms with E-state index in [0.717, 1.165) is 5.56 Å². The highest BCUT2D eigenvalue weighted by Gasteiger charge is 2.10. The molecule has 0 aliphatic heterocycles. The smallest absolute Gasteiger partial charge is 0.235 e. The summed E-state index contributed by atoms with van der Waals surface area (Å²) >= 11 is 5.42. The molecule has 4 rings (SSSR count). The lowest BCUT2D eigenvalue weighted by Crippen LogP contribution is -2.28. The largest absolute Gasteiger partial charge is 0.439 e. The summed E-state index contributed by atoms with van der Waals surface area (Å²) in [6.45, 7) is 2.64. The number of anilines is 1. The molecular formula is C25H22N4O2S. The Kier molecular flexibility index (Phi) is 6.89. The van der Waals surface area contributed by atoms with Gasteiger partial charge in [0.15, 0.2) is 5.11 Å². The van der Waals surface area contributed by atoms with Crippen molar-refractivity contribution in [2.45, 2.75) is 13.5 Å². The van der Waals surface area contributed by atoms with Crippen LogP contribution >= 0.6 is 12.2 Å². The van der Waals surface area contributed by atoms with Crippen LogP contribution in [0.5, 0.6) is 23.3 Å². The fourth-order valence-electron chi connectivity index (χ4n) is 2.82. The minimum atomic E-state index is 0.269. The number of benzene rings is 3. The standard InChI is InChI=1S/C25H22N4O2S/c1-18-12-14-19(15-13-18)17-26-25(32)29-24-27-22(30-20-8-4-2-5-9-20)16-23(28-24)31-21-10-6-3-7-11-21/h2-16H,17H2,1H3,(H2,26,27,28,29,32). The first-order chi connectivity index (χ1) is 15.6. The number of rotatable bonds is 7. The fourth-order valence-corrected chi connectivity index (χ4v) is 2.98. The van der Waals surface area contributed by atoms with E-state index in [4.69, 9.17) is 21.7 Å². The van der Waals surface area contributed by atoms with Gasteiger partial charge in [0.2, 0.25) is 17.7 Å². The lowest BCUT2D eigenvalue weighted by molar-refractivity contribution is 0.435. The van der Waals surface area contributed by atoms with E-state index < -0.39 is 0 Å². The first-order valence-electron chi connectivity index (χ1n) is 10.1. The summed E-state index contributed by atoms with van der Waals surface area (Å²) < 4.78 is 11.8. The molecule has 3 aromatic carbocycles. The summed E-state index contributed by atoms with van der Waals surface area (Å²) in [5.74, 6) is 2.25. The lowest BCUT2D eigenvalue weighted by Gasteiger charge is -2.13. The van der Waals surface area contributed by atoms with Crippen molar-refractivity contribution in [3.05, 3.63) is 102 Å². The third-order valence-electron chi connectivity index (χ3n) is 4.41. The molecule has 0 saturated carbocycles. The van der Waals surface area contributed by atoms with Crippen molar-refractivity contribution in [1.29, 1.82) is 0 Å². The van der Waals surface area contributed by atoms with Crippen LogP contribution in [0.3, 0.4) is 0 Å². The molecule has 2 N–H and O–H groups in total. The molecule has 32 heavy (non-hydrogen) atoms. The average molecular weight is 443 g/mol. The molecular weight excluding hydrogens is 420 g/mol. The van der Waals surface area contributed by atoms with Gasteiger partial charge >= 0.3 is 0 Å². The highest BCUT2D eigenvalue weighted by atomic mass is 32.1. The lowest BCUT2D eigenvalue weighted by atomic mass is 10.1. The van der Waals surface area contributed by atoms with Crippen molar-refractivity contribution < 1.29 is 9.47 Å². The molecule has 0 aliphatic carbocycles. The van der Waals surface area contributed by atoms with E-state index in [1.165, 1.54) is 5.56 Å². The molecule has 0 saturated heterocycles. The van der Waals surface area contributed by atoms with Gasteiger partial charge in [-0.3, -0.25) is 0 Å². The van der Waals surface area contributed by atoms with Crippen molar-refractivity contribution in [3.63, 3.8) is 0 Å². The van der Waals surface area contributed by atoms with Crippen LogP contribution < -0.4 is 20.1 Å². The van der Waals surface area contributed by atoms with Gasteiger partial charge in [0, 0.05) is 6.54 Å². The SMILES string of the molecule is Cc1ccc(CNC(=S)Nc2nc(Oc3ccccc3)cc(Oc3ccccc3)n2)cc1. The van der Waals surface area contributed by atoms with Gasteiger partial charge in [-0.25, -0.2) is 0 Å². The number of aryl methyl sites for hydroxylation is 1. The second-order valence-electron chi connectivity index (χ2n) is 6.99. The molecule has 160 valence electrons. The van der Waals surface area contributed by atoms with E-state index in [2.05, 4.69) is 51.8 Å². The van der Waals surface area contributed by atoms with Crippen LogP contribution in [0, 0.1) is 6.92 Å². The van der Waals surface area contributed by atoms with E-state index in [-0.39, 0.29) is 5.95 Å². The predicted molar refractivity (Wildman–Crippen MR) is 129 cm³/mol. The minimum Gasteiger partial charge on any atom is -0.439 e. The Bertz CT molecular complexity index is 1110. The summed E-state index contributed by atoms with van der Waals surface area (Å²) in [6, 6.07) is 28.7. The van der Waals surface area contributed by atoms with E-state index >= 15 is 0 Å². The molecule has 1 aromatic heterocycles. The Balaban J connectivity index is 1.49. The molecule has 0 amide bonds. The first kappa shape index (κ1) is 21.3. The van der Waals surface area contributed by atoms with Gasteiger partial charge in [0.1, 0.15) is 11.5 Å². The molecule has 0 radical (unpaired) electrons. The number of hydrogen-bond acceptors (Lipinski definition) is 5. The van der Waals surface area contributed by atoms with E-state index in [9.17, 15) is 0 Å². The normalized spacial score (nSPS) is 10.3. The third-order valence-corrected chi connectivity index (χ3v) is 4.66. The number of ether oxygens (including phenoxy) is 2. The van der Waals surface area contributed by atoms with Crippen LogP contribution in [0.1, 0.15) is 11.1 Å². The second-order valence-corrected chi connectivity index (χ2v) is 7.40. The van der Waals surface area contributed by atoms with E-state index in [0.29, 0.717) is 34.9 Å².